The quantitative estimate of drug-likeness (QED) is 0.622. The predicted octanol–water partition coefficient (Wildman–Crippen LogP) is 1.32. The number of alkyl halides is 1. The van der Waals surface area contributed by atoms with Gasteiger partial charge in [-0.25, -0.2) is 0 Å². The van der Waals surface area contributed by atoms with Gasteiger partial charge in [0, 0.05) is 12.4 Å². The van der Waals surface area contributed by atoms with E-state index < -0.39 is 0 Å². The van der Waals surface area contributed by atoms with Gasteiger partial charge >= 0.3 is 0 Å². The Balaban J connectivity index is 3.49. The zero-order chi connectivity index (χ0) is 8.69. The summed E-state index contributed by atoms with van der Waals surface area (Å²) in [6.45, 7) is 6.96. The number of aliphatic hydroxyl groups is 1. The summed E-state index contributed by atoms with van der Waals surface area (Å²) in [7, 11) is 0. The zero-order valence-electron chi connectivity index (χ0n) is 7.39. The van der Waals surface area contributed by atoms with Crippen molar-refractivity contribution in [3.8, 4) is 0 Å². The van der Waals surface area contributed by atoms with Crippen LogP contribution in [0.2, 0.25) is 0 Å². The van der Waals surface area contributed by atoms with Crippen LogP contribution < -0.4 is 0 Å². The van der Waals surface area contributed by atoms with Crippen LogP contribution in [0.15, 0.2) is 0 Å². The van der Waals surface area contributed by atoms with E-state index in [2.05, 4.69) is 18.7 Å². The highest BCUT2D eigenvalue weighted by molar-refractivity contribution is 6.18. The molecule has 0 saturated heterocycles. The summed E-state index contributed by atoms with van der Waals surface area (Å²) >= 11 is 5.48. The molecule has 1 atom stereocenters. The number of aliphatic hydroxyl groups excluding tert-OH is 1. The summed E-state index contributed by atoms with van der Waals surface area (Å²) < 4.78 is 0. The van der Waals surface area contributed by atoms with Gasteiger partial charge in [0.15, 0.2) is 0 Å². The fourth-order valence-corrected chi connectivity index (χ4v) is 1.14. The highest BCUT2D eigenvalue weighted by Gasteiger charge is 2.07. The van der Waals surface area contributed by atoms with Gasteiger partial charge in [-0.3, -0.25) is 0 Å². The van der Waals surface area contributed by atoms with Crippen LogP contribution in [-0.4, -0.2) is 41.6 Å². The molecule has 0 bridgehead atoms. The fraction of sp³-hybridized carbons (Fsp3) is 1.00. The first-order valence-corrected chi connectivity index (χ1v) is 4.74. The molecule has 0 aliphatic heterocycles. The molecule has 0 saturated carbocycles. The van der Waals surface area contributed by atoms with Gasteiger partial charge in [0.1, 0.15) is 0 Å². The van der Waals surface area contributed by atoms with E-state index in [-0.39, 0.29) is 6.10 Å². The Labute approximate surface area is 74.2 Å². The molecule has 3 heteroatoms. The molecule has 2 nitrogen and oxygen atoms in total. The molecule has 11 heavy (non-hydrogen) atoms. The molecule has 0 amide bonds. The van der Waals surface area contributed by atoms with Crippen LogP contribution in [0.1, 0.15) is 20.3 Å². The Hall–Kier alpha value is 0.210. The second kappa shape index (κ2) is 6.89. The van der Waals surface area contributed by atoms with Gasteiger partial charge < -0.3 is 10.0 Å². The zero-order valence-corrected chi connectivity index (χ0v) is 8.14. The summed E-state index contributed by atoms with van der Waals surface area (Å²) in [6, 6.07) is 0. The van der Waals surface area contributed by atoms with Crippen molar-refractivity contribution in [3.63, 3.8) is 0 Å². The molecule has 68 valence electrons. The minimum atomic E-state index is -0.372. The number of rotatable bonds is 6. The second-order valence-corrected chi connectivity index (χ2v) is 3.01. The van der Waals surface area contributed by atoms with Crippen LogP contribution in [0.5, 0.6) is 0 Å². The van der Waals surface area contributed by atoms with Crippen LogP contribution in [0.4, 0.5) is 0 Å². The molecular formula is C8H18ClNO. The number of halogens is 1. The fourth-order valence-electron chi connectivity index (χ4n) is 1.04. The number of nitrogens with zero attached hydrogens (tertiary/aromatic N) is 1. The highest BCUT2D eigenvalue weighted by Crippen LogP contribution is 1.95. The Morgan fingerprint density at radius 1 is 1.45 bits per heavy atom. The molecule has 0 aromatic carbocycles. The normalized spacial score (nSPS) is 13.9. The number of hydrogen-bond donors (Lipinski definition) is 1. The predicted molar refractivity (Wildman–Crippen MR) is 49.1 cm³/mol. The summed E-state index contributed by atoms with van der Waals surface area (Å²) in [5.41, 5.74) is 0. The summed E-state index contributed by atoms with van der Waals surface area (Å²) in [6.07, 6.45) is 0.756. The average Bonchev–Trinajstić information content (AvgIpc) is 2.03. The molecule has 0 rings (SSSR count). The van der Waals surface area contributed by atoms with Crippen LogP contribution in [-0.2, 0) is 0 Å². The Morgan fingerprint density at radius 3 is 2.45 bits per heavy atom. The van der Waals surface area contributed by atoms with E-state index in [0.29, 0.717) is 12.4 Å². The summed E-state index contributed by atoms with van der Waals surface area (Å²) in [5.74, 6) is 0.334. The topological polar surface area (TPSA) is 23.5 Å². The molecule has 0 fully saturated rings. The van der Waals surface area contributed by atoms with Gasteiger partial charge in [0.25, 0.3) is 0 Å². The molecule has 0 aliphatic rings. The van der Waals surface area contributed by atoms with Crippen LogP contribution in [0.3, 0.4) is 0 Å². The van der Waals surface area contributed by atoms with Crippen molar-refractivity contribution >= 4 is 11.6 Å². The van der Waals surface area contributed by atoms with Gasteiger partial charge in [0.05, 0.1) is 6.10 Å². The van der Waals surface area contributed by atoms with Crippen molar-refractivity contribution in [1.29, 1.82) is 0 Å². The third kappa shape index (κ3) is 5.48. The smallest absolute Gasteiger partial charge is 0.0802 e. The molecule has 1 N–H and O–H groups in total. The maximum atomic E-state index is 9.21. The number of hydrogen-bond acceptors (Lipinski definition) is 2. The van der Waals surface area contributed by atoms with E-state index in [1.165, 1.54) is 0 Å². The monoisotopic (exact) mass is 179 g/mol. The van der Waals surface area contributed by atoms with E-state index in [4.69, 9.17) is 11.6 Å². The molecule has 0 aromatic heterocycles. The maximum Gasteiger partial charge on any atom is 0.0802 e. The van der Waals surface area contributed by atoms with Gasteiger partial charge in [-0.05, 0) is 19.5 Å². The maximum absolute atomic E-state index is 9.21. The van der Waals surface area contributed by atoms with E-state index >= 15 is 0 Å². The molecule has 1 unspecified atom stereocenters. The Kier molecular flexibility index (Phi) is 7.02. The van der Waals surface area contributed by atoms with Gasteiger partial charge in [-0.15, -0.1) is 11.6 Å². The highest BCUT2D eigenvalue weighted by atomic mass is 35.5. The molecule has 0 aromatic rings. The first-order valence-electron chi connectivity index (χ1n) is 4.20. The van der Waals surface area contributed by atoms with Gasteiger partial charge in [-0.1, -0.05) is 13.8 Å². The molecule has 0 spiro atoms. The largest absolute Gasteiger partial charge is 0.391 e. The van der Waals surface area contributed by atoms with Crippen LogP contribution in [0.25, 0.3) is 0 Å². The third-order valence-electron chi connectivity index (χ3n) is 1.63. The molecule has 0 radical (unpaired) electrons. The van der Waals surface area contributed by atoms with Crippen LogP contribution in [0, 0.1) is 0 Å². The van der Waals surface area contributed by atoms with Crippen LogP contribution >= 0.6 is 11.6 Å². The lowest BCUT2D eigenvalue weighted by Crippen LogP contribution is -2.33. The first-order chi connectivity index (χ1) is 5.24. The van der Waals surface area contributed by atoms with E-state index in [1.807, 2.05) is 0 Å². The Bertz CT molecular complexity index is 90.2. The molecule has 0 heterocycles. The summed E-state index contributed by atoms with van der Waals surface area (Å²) in [5, 5.41) is 9.21. The van der Waals surface area contributed by atoms with Gasteiger partial charge in [0.2, 0.25) is 0 Å². The number of likely N-dealkylation sites (N-methyl/N-ethyl adjacent to an activating group) is 1. The van der Waals surface area contributed by atoms with Crippen molar-refractivity contribution in [1.82, 2.24) is 4.90 Å². The Morgan fingerprint density at radius 2 is 2.09 bits per heavy atom. The van der Waals surface area contributed by atoms with Crippen molar-refractivity contribution < 1.29 is 5.11 Å². The average molecular weight is 180 g/mol. The van der Waals surface area contributed by atoms with Crippen molar-refractivity contribution in [3.05, 3.63) is 0 Å². The first kappa shape index (κ1) is 11.2. The standard InChI is InChI=1S/C8H18ClNO/c1-3-5-10(4-2)7-8(11)6-9/h8,11H,3-7H2,1-2H3. The van der Waals surface area contributed by atoms with Crippen molar-refractivity contribution in [2.24, 2.45) is 0 Å². The lowest BCUT2D eigenvalue weighted by atomic mass is 10.3. The molecular weight excluding hydrogens is 162 g/mol. The van der Waals surface area contributed by atoms with Crippen molar-refractivity contribution in [2.45, 2.75) is 26.4 Å². The molecule has 0 aliphatic carbocycles. The van der Waals surface area contributed by atoms with Crippen molar-refractivity contribution in [2.75, 3.05) is 25.5 Å². The van der Waals surface area contributed by atoms with E-state index in [9.17, 15) is 5.11 Å². The van der Waals surface area contributed by atoms with E-state index in [1.54, 1.807) is 0 Å². The lowest BCUT2D eigenvalue weighted by molar-refractivity contribution is 0.132. The van der Waals surface area contributed by atoms with E-state index in [0.717, 1.165) is 19.5 Å². The van der Waals surface area contributed by atoms with Gasteiger partial charge in [-0.2, -0.15) is 0 Å². The lowest BCUT2D eigenvalue weighted by Gasteiger charge is -2.21. The second-order valence-electron chi connectivity index (χ2n) is 2.70. The third-order valence-corrected chi connectivity index (χ3v) is 1.99. The minimum Gasteiger partial charge on any atom is -0.391 e. The SMILES string of the molecule is CCCN(CC)CC(O)CCl. The summed E-state index contributed by atoms with van der Waals surface area (Å²) in [4.78, 5) is 2.20. The minimum absolute atomic E-state index is 0.334.